The van der Waals surface area contributed by atoms with Gasteiger partial charge in [0, 0.05) is 36.6 Å². The Morgan fingerprint density at radius 2 is 1.10 bits per heavy atom. The predicted molar refractivity (Wildman–Crippen MR) is 169 cm³/mol. The number of aryl methyl sites for hydroxylation is 1. The zero-order valence-corrected chi connectivity index (χ0v) is 22.4. The third kappa shape index (κ3) is 3.46. The molecule has 2 heterocycles. The van der Waals surface area contributed by atoms with Crippen molar-refractivity contribution in [1.29, 1.82) is 0 Å². The van der Waals surface area contributed by atoms with E-state index in [2.05, 4.69) is 145 Å². The molecule has 0 amide bonds. The summed E-state index contributed by atoms with van der Waals surface area (Å²) in [6.07, 6.45) is 0. The maximum absolute atomic E-state index is 2.40. The summed E-state index contributed by atoms with van der Waals surface area (Å²) in [4.78, 5) is 0. The summed E-state index contributed by atoms with van der Waals surface area (Å²) in [5.74, 6) is 0. The van der Waals surface area contributed by atoms with Crippen LogP contribution in [0, 0.1) is 6.92 Å². The van der Waals surface area contributed by atoms with Crippen LogP contribution in [0.15, 0.2) is 133 Å². The van der Waals surface area contributed by atoms with Crippen LogP contribution in [0.5, 0.6) is 0 Å². The highest BCUT2D eigenvalue weighted by atomic mass is 32.1. The van der Waals surface area contributed by atoms with Gasteiger partial charge in [0.15, 0.2) is 0 Å². The van der Waals surface area contributed by atoms with E-state index < -0.39 is 0 Å². The molecule has 0 unspecified atom stereocenters. The van der Waals surface area contributed by atoms with Gasteiger partial charge in [-0.3, -0.25) is 0 Å². The van der Waals surface area contributed by atoms with Gasteiger partial charge in [0.2, 0.25) is 0 Å². The van der Waals surface area contributed by atoms with Crippen LogP contribution in [0.4, 0.5) is 0 Å². The van der Waals surface area contributed by atoms with E-state index in [9.17, 15) is 0 Å². The predicted octanol–water partition coefficient (Wildman–Crippen LogP) is 10.8. The first-order valence-electron chi connectivity index (χ1n) is 13.4. The fourth-order valence-corrected chi connectivity index (χ4v) is 7.45. The first kappa shape index (κ1) is 22.3. The lowest BCUT2D eigenvalue weighted by molar-refractivity contribution is 1.17. The normalized spacial score (nSPS) is 11.7. The van der Waals surface area contributed by atoms with Crippen LogP contribution in [-0.4, -0.2) is 4.57 Å². The largest absolute Gasteiger partial charge is 0.309 e. The number of hydrogen-bond donors (Lipinski definition) is 0. The Morgan fingerprint density at radius 1 is 0.462 bits per heavy atom. The first-order valence-corrected chi connectivity index (χ1v) is 14.2. The van der Waals surface area contributed by atoms with Crippen molar-refractivity contribution in [2.45, 2.75) is 6.92 Å². The molecule has 0 aliphatic rings. The molecule has 2 aromatic heterocycles. The highest BCUT2D eigenvalue weighted by molar-refractivity contribution is 7.26. The minimum Gasteiger partial charge on any atom is -0.309 e. The summed E-state index contributed by atoms with van der Waals surface area (Å²) in [7, 11) is 0. The van der Waals surface area contributed by atoms with Crippen molar-refractivity contribution in [2.24, 2.45) is 0 Å². The molecule has 184 valence electrons. The quantitative estimate of drug-likeness (QED) is 0.220. The number of hydrogen-bond acceptors (Lipinski definition) is 1. The van der Waals surface area contributed by atoms with Gasteiger partial charge in [-0.05, 0) is 65.1 Å². The fourth-order valence-electron chi connectivity index (χ4n) is 6.08. The van der Waals surface area contributed by atoms with Crippen molar-refractivity contribution in [3.63, 3.8) is 0 Å². The van der Waals surface area contributed by atoms with Gasteiger partial charge >= 0.3 is 0 Å². The number of nitrogens with zero attached hydrogens (tertiary/aromatic N) is 1. The molecule has 0 fully saturated rings. The summed E-state index contributed by atoms with van der Waals surface area (Å²) in [5.41, 5.74) is 10.1. The van der Waals surface area contributed by atoms with E-state index >= 15 is 0 Å². The molecule has 8 aromatic rings. The summed E-state index contributed by atoms with van der Waals surface area (Å²) in [6.45, 7) is 2.16. The number of benzene rings is 6. The van der Waals surface area contributed by atoms with E-state index in [1.54, 1.807) is 0 Å². The van der Waals surface area contributed by atoms with Gasteiger partial charge in [-0.15, -0.1) is 11.3 Å². The summed E-state index contributed by atoms with van der Waals surface area (Å²) >= 11 is 1.91. The molecule has 0 aliphatic carbocycles. The Hall–Kier alpha value is -4.66. The molecule has 0 saturated carbocycles. The monoisotopic (exact) mass is 515 g/mol. The lowest BCUT2D eigenvalue weighted by Gasteiger charge is -2.09. The Kier molecular flexibility index (Phi) is 4.98. The molecule has 0 atom stereocenters. The molecule has 1 nitrogen and oxygen atoms in total. The van der Waals surface area contributed by atoms with Gasteiger partial charge in [0.1, 0.15) is 0 Å². The van der Waals surface area contributed by atoms with Crippen LogP contribution in [-0.2, 0) is 0 Å². The Bertz CT molecular complexity index is 2180. The van der Waals surface area contributed by atoms with Gasteiger partial charge in [-0.25, -0.2) is 0 Å². The second-order valence-electron chi connectivity index (χ2n) is 10.3. The van der Waals surface area contributed by atoms with Crippen LogP contribution in [0.2, 0.25) is 0 Å². The molecule has 39 heavy (non-hydrogen) atoms. The maximum Gasteiger partial charge on any atom is 0.0541 e. The number of rotatable bonds is 3. The van der Waals surface area contributed by atoms with E-state index in [1.165, 1.54) is 75.5 Å². The van der Waals surface area contributed by atoms with Crippen LogP contribution in [0.3, 0.4) is 0 Å². The highest BCUT2D eigenvalue weighted by Gasteiger charge is 2.16. The minimum atomic E-state index is 1.20. The van der Waals surface area contributed by atoms with Gasteiger partial charge in [0.05, 0.1) is 11.0 Å². The maximum atomic E-state index is 2.40. The third-order valence-corrected chi connectivity index (χ3v) is 9.14. The zero-order valence-electron chi connectivity index (χ0n) is 21.6. The smallest absolute Gasteiger partial charge is 0.0541 e. The Balaban J connectivity index is 1.38. The van der Waals surface area contributed by atoms with E-state index in [1.807, 2.05) is 11.3 Å². The van der Waals surface area contributed by atoms with Crippen LogP contribution < -0.4 is 0 Å². The van der Waals surface area contributed by atoms with Gasteiger partial charge in [0.25, 0.3) is 0 Å². The number of fused-ring (bicyclic) bond motifs is 6. The molecule has 0 bridgehead atoms. The lowest BCUT2D eigenvalue weighted by atomic mass is 9.99. The van der Waals surface area contributed by atoms with Crippen LogP contribution >= 0.6 is 11.3 Å². The van der Waals surface area contributed by atoms with E-state index in [0.717, 1.165) is 0 Å². The highest BCUT2D eigenvalue weighted by Crippen LogP contribution is 2.44. The fraction of sp³-hybridized carbons (Fsp3) is 0.0270. The average Bonchev–Trinajstić information content (AvgIpc) is 3.53. The molecule has 0 spiro atoms. The Labute approximate surface area is 231 Å². The standard InChI is InChI=1S/C37H25NS/c1-24-10-7-13-27(22-24)38-34-19-6-5-14-30(34)33-23-26(20-21-35(33)38)29-16-9-18-32-31-17-8-15-28(36(31)39-37(29)32)25-11-3-2-4-12-25/h2-23H,1H3. The van der Waals surface area contributed by atoms with Crippen molar-refractivity contribution < 1.29 is 0 Å². The van der Waals surface area contributed by atoms with E-state index in [-0.39, 0.29) is 0 Å². The summed E-state index contributed by atoms with van der Waals surface area (Å²) in [5, 5.41) is 5.22. The Morgan fingerprint density at radius 3 is 1.87 bits per heavy atom. The molecule has 0 saturated heterocycles. The van der Waals surface area contributed by atoms with Crippen LogP contribution in [0.25, 0.3) is 69.9 Å². The lowest BCUT2D eigenvalue weighted by Crippen LogP contribution is -1.94. The number of thiophene rings is 1. The first-order chi connectivity index (χ1) is 19.3. The molecule has 2 heteroatoms. The van der Waals surface area contributed by atoms with Gasteiger partial charge < -0.3 is 4.57 Å². The van der Waals surface area contributed by atoms with E-state index in [0.29, 0.717) is 0 Å². The second-order valence-corrected chi connectivity index (χ2v) is 11.3. The molecule has 0 radical (unpaired) electrons. The van der Waals surface area contributed by atoms with Gasteiger partial charge in [-0.1, -0.05) is 103 Å². The molecule has 6 aromatic carbocycles. The molecule has 0 N–H and O–H groups in total. The van der Waals surface area contributed by atoms with Crippen molar-refractivity contribution in [3.8, 4) is 27.9 Å². The van der Waals surface area contributed by atoms with Crippen molar-refractivity contribution in [2.75, 3.05) is 0 Å². The number of para-hydroxylation sites is 1. The third-order valence-electron chi connectivity index (χ3n) is 7.85. The van der Waals surface area contributed by atoms with Crippen molar-refractivity contribution in [3.05, 3.63) is 139 Å². The molecular weight excluding hydrogens is 490 g/mol. The van der Waals surface area contributed by atoms with Crippen molar-refractivity contribution >= 4 is 53.3 Å². The van der Waals surface area contributed by atoms with E-state index in [4.69, 9.17) is 0 Å². The molecule has 8 rings (SSSR count). The summed E-state index contributed by atoms with van der Waals surface area (Å²) in [6, 6.07) is 48.7. The van der Waals surface area contributed by atoms with Crippen molar-refractivity contribution in [1.82, 2.24) is 4.57 Å². The molecule has 0 aliphatic heterocycles. The van der Waals surface area contributed by atoms with Crippen LogP contribution in [0.1, 0.15) is 5.56 Å². The number of aromatic nitrogens is 1. The summed E-state index contributed by atoms with van der Waals surface area (Å²) < 4.78 is 5.09. The zero-order chi connectivity index (χ0) is 25.9. The molecular formula is C37H25NS. The average molecular weight is 516 g/mol. The minimum absolute atomic E-state index is 1.20. The second kappa shape index (κ2) is 8.69. The van der Waals surface area contributed by atoms with Gasteiger partial charge in [-0.2, -0.15) is 0 Å². The SMILES string of the molecule is Cc1cccc(-n2c3ccccc3c3cc(-c4cccc5c4sc4c(-c6ccccc6)cccc45)ccc32)c1. The topological polar surface area (TPSA) is 4.93 Å².